The highest BCUT2D eigenvalue weighted by atomic mass is 16.5. The number of aromatic hydroxyl groups is 1. The molecule has 2 aromatic carbocycles. The second kappa shape index (κ2) is 7.30. The lowest BCUT2D eigenvalue weighted by molar-refractivity contribution is -0.163. The second-order valence-electron chi connectivity index (χ2n) is 9.50. The normalized spacial score (nSPS) is 31.1. The molecule has 1 heterocycles. The summed E-state index contributed by atoms with van der Waals surface area (Å²) in [6, 6.07) is 5.91. The molecule has 8 heteroatoms. The first kappa shape index (κ1) is 21.9. The number of rotatable bonds is 1. The number of hydrogen-bond donors (Lipinski definition) is 4. The van der Waals surface area contributed by atoms with Gasteiger partial charge in [0.25, 0.3) is 0 Å². The van der Waals surface area contributed by atoms with E-state index in [1.807, 2.05) is 0 Å². The summed E-state index contributed by atoms with van der Waals surface area (Å²) in [5, 5.41) is 41.4. The molecule has 0 radical (unpaired) electrons. The number of benzene rings is 2. The van der Waals surface area contributed by atoms with Gasteiger partial charge in [0.05, 0.1) is 29.5 Å². The van der Waals surface area contributed by atoms with E-state index in [1.165, 1.54) is 18.2 Å². The lowest BCUT2D eigenvalue weighted by Crippen LogP contribution is -2.44. The summed E-state index contributed by atoms with van der Waals surface area (Å²) in [6.45, 7) is 3.15. The molecule has 0 saturated carbocycles. The van der Waals surface area contributed by atoms with E-state index in [0.29, 0.717) is 5.56 Å². The fourth-order valence-corrected chi connectivity index (χ4v) is 5.27. The largest absolute Gasteiger partial charge is 0.507 e. The average Bonchev–Trinajstić information content (AvgIpc) is 2.73. The van der Waals surface area contributed by atoms with Gasteiger partial charge in [0.15, 0.2) is 17.3 Å². The van der Waals surface area contributed by atoms with Crippen LogP contribution in [0.15, 0.2) is 24.3 Å². The van der Waals surface area contributed by atoms with Crippen molar-refractivity contribution in [2.24, 2.45) is 0 Å². The van der Waals surface area contributed by atoms with Crippen LogP contribution in [0.3, 0.4) is 0 Å². The van der Waals surface area contributed by atoms with Crippen LogP contribution in [-0.4, -0.2) is 61.7 Å². The summed E-state index contributed by atoms with van der Waals surface area (Å²) in [4.78, 5) is 39.7. The monoisotopic (exact) mass is 452 g/mol. The highest BCUT2D eigenvalue weighted by molar-refractivity contribution is 6.32. The van der Waals surface area contributed by atoms with Crippen LogP contribution in [0.4, 0.5) is 0 Å². The van der Waals surface area contributed by atoms with Gasteiger partial charge in [-0.1, -0.05) is 12.1 Å². The van der Waals surface area contributed by atoms with Crippen molar-refractivity contribution >= 4 is 17.3 Å². The zero-order chi connectivity index (χ0) is 23.8. The summed E-state index contributed by atoms with van der Waals surface area (Å²) in [7, 11) is 0. The quantitative estimate of drug-likeness (QED) is 0.436. The molecule has 1 fully saturated rings. The maximum Gasteiger partial charge on any atom is 0.198 e. The van der Waals surface area contributed by atoms with Gasteiger partial charge in [-0.3, -0.25) is 14.4 Å². The number of ether oxygens (including phenoxy) is 1. The van der Waals surface area contributed by atoms with Crippen molar-refractivity contribution in [2.45, 2.75) is 63.1 Å². The molecule has 1 aliphatic heterocycles. The second-order valence-corrected chi connectivity index (χ2v) is 9.50. The van der Waals surface area contributed by atoms with Crippen LogP contribution >= 0.6 is 0 Å². The fraction of sp³-hybridized carbons (Fsp3) is 0.400. The van der Waals surface area contributed by atoms with Crippen molar-refractivity contribution in [3.8, 4) is 5.75 Å². The van der Waals surface area contributed by atoms with Gasteiger partial charge in [-0.25, -0.2) is 0 Å². The number of ketones is 3. The molecule has 2 aliphatic carbocycles. The number of phenolic OH excluding ortho intramolecular Hbond substituents is 1. The van der Waals surface area contributed by atoms with Gasteiger partial charge in [0, 0.05) is 47.1 Å². The van der Waals surface area contributed by atoms with Gasteiger partial charge in [-0.15, -0.1) is 0 Å². The van der Waals surface area contributed by atoms with Crippen molar-refractivity contribution in [3.63, 3.8) is 0 Å². The third-order valence-corrected chi connectivity index (χ3v) is 6.89. The number of carbonyl (C=O) groups is 3. The first-order valence-electron chi connectivity index (χ1n) is 10.9. The molecule has 33 heavy (non-hydrogen) atoms. The third kappa shape index (κ3) is 3.25. The number of aliphatic hydroxyl groups excluding tert-OH is 2. The van der Waals surface area contributed by atoms with Crippen molar-refractivity contribution < 1.29 is 39.5 Å². The minimum Gasteiger partial charge on any atom is -0.507 e. The molecule has 0 aromatic heterocycles. The minimum absolute atomic E-state index is 0.0124. The summed E-state index contributed by atoms with van der Waals surface area (Å²) in [5.41, 5.74) is -0.457. The van der Waals surface area contributed by atoms with Crippen LogP contribution < -0.4 is 0 Å². The zero-order valence-electron chi connectivity index (χ0n) is 18.2. The van der Waals surface area contributed by atoms with Gasteiger partial charge in [0.1, 0.15) is 11.9 Å². The SMILES string of the molecule is CC1OC(c2ccc3c(c2O)C(=O)c2ccc4c(c2C3=O)C(=O)CC(C)(O)C4)CC(O)C1O. The predicted molar refractivity (Wildman–Crippen MR) is 115 cm³/mol. The number of aliphatic hydroxyl groups is 3. The fourth-order valence-electron chi connectivity index (χ4n) is 5.27. The van der Waals surface area contributed by atoms with Crippen LogP contribution in [0, 0.1) is 0 Å². The maximum absolute atomic E-state index is 13.4. The maximum atomic E-state index is 13.4. The van der Waals surface area contributed by atoms with Crippen LogP contribution in [0.25, 0.3) is 0 Å². The standard InChI is InChI=1S/C25H24O8/c1-10-21(28)15(26)7-17(33-10)12-5-6-14-20(22(12)29)24(31)13-4-3-11-8-25(2,32)9-16(27)18(11)19(13)23(14)30/h3-6,10,15,17,21,26,28-29,32H,7-9H2,1-2H3. The molecular weight excluding hydrogens is 428 g/mol. The lowest BCUT2D eigenvalue weighted by atomic mass is 9.73. The smallest absolute Gasteiger partial charge is 0.198 e. The van der Waals surface area contributed by atoms with Crippen LogP contribution in [0.5, 0.6) is 5.75 Å². The Bertz CT molecular complexity index is 1220. The number of carbonyl (C=O) groups excluding carboxylic acids is 3. The Morgan fingerprint density at radius 2 is 1.58 bits per heavy atom. The highest BCUT2D eigenvalue weighted by Gasteiger charge is 2.42. The lowest BCUT2D eigenvalue weighted by Gasteiger charge is -2.36. The zero-order valence-corrected chi connectivity index (χ0v) is 18.2. The van der Waals surface area contributed by atoms with Crippen molar-refractivity contribution in [3.05, 3.63) is 63.2 Å². The minimum atomic E-state index is -1.22. The summed E-state index contributed by atoms with van der Waals surface area (Å²) in [6.07, 6.45) is -3.56. The van der Waals surface area contributed by atoms with E-state index in [-0.39, 0.29) is 52.6 Å². The van der Waals surface area contributed by atoms with Gasteiger partial charge in [-0.05, 0) is 31.5 Å². The molecule has 0 spiro atoms. The summed E-state index contributed by atoms with van der Waals surface area (Å²) >= 11 is 0. The van der Waals surface area contributed by atoms with Crippen LogP contribution in [0.1, 0.15) is 86.1 Å². The van der Waals surface area contributed by atoms with Gasteiger partial charge in [0.2, 0.25) is 0 Å². The molecule has 5 atom stereocenters. The van der Waals surface area contributed by atoms with Crippen LogP contribution in [0.2, 0.25) is 0 Å². The van der Waals surface area contributed by atoms with E-state index in [2.05, 4.69) is 0 Å². The van der Waals surface area contributed by atoms with Gasteiger partial charge in [-0.2, -0.15) is 0 Å². The molecular formula is C25H24O8. The number of hydrogen-bond acceptors (Lipinski definition) is 8. The molecule has 1 saturated heterocycles. The summed E-state index contributed by atoms with van der Waals surface area (Å²) < 4.78 is 5.73. The van der Waals surface area contributed by atoms with Crippen LogP contribution in [-0.2, 0) is 11.2 Å². The van der Waals surface area contributed by atoms with Crippen molar-refractivity contribution in [1.82, 2.24) is 0 Å². The Kier molecular flexibility index (Phi) is 4.84. The van der Waals surface area contributed by atoms with E-state index in [9.17, 15) is 34.8 Å². The first-order chi connectivity index (χ1) is 15.5. The number of fused-ring (bicyclic) bond motifs is 4. The Balaban J connectivity index is 1.61. The Hall–Kier alpha value is -2.91. The van der Waals surface area contributed by atoms with E-state index in [0.717, 1.165) is 0 Å². The number of Topliss-reactive ketones (excluding diaryl/α,β-unsaturated/α-hetero) is 1. The Labute approximate surface area is 189 Å². The molecule has 5 rings (SSSR count). The Morgan fingerprint density at radius 3 is 2.27 bits per heavy atom. The Morgan fingerprint density at radius 1 is 0.939 bits per heavy atom. The molecule has 8 nitrogen and oxygen atoms in total. The molecule has 5 unspecified atom stereocenters. The molecule has 3 aliphatic rings. The summed E-state index contributed by atoms with van der Waals surface area (Å²) in [5.74, 6) is -1.94. The molecule has 0 bridgehead atoms. The van der Waals surface area contributed by atoms with E-state index in [4.69, 9.17) is 4.74 Å². The molecule has 172 valence electrons. The van der Waals surface area contributed by atoms with E-state index in [1.54, 1.807) is 19.9 Å². The molecule has 0 amide bonds. The van der Waals surface area contributed by atoms with Crippen molar-refractivity contribution in [1.29, 1.82) is 0 Å². The third-order valence-electron chi connectivity index (χ3n) is 6.89. The number of phenols is 1. The molecule has 2 aromatic rings. The topological polar surface area (TPSA) is 141 Å². The van der Waals surface area contributed by atoms with Gasteiger partial charge < -0.3 is 25.2 Å². The van der Waals surface area contributed by atoms with Crippen molar-refractivity contribution in [2.75, 3.05) is 0 Å². The first-order valence-corrected chi connectivity index (χ1v) is 10.9. The van der Waals surface area contributed by atoms with E-state index >= 15 is 0 Å². The van der Waals surface area contributed by atoms with Gasteiger partial charge >= 0.3 is 0 Å². The molecule has 4 N–H and O–H groups in total. The average molecular weight is 452 g/mol. The highest BCUT2D eigenvalue weighted by Crippen LogP contribution is 2.43. The van der Waals surface area contributed by atoms with E-state index < -0.39 is 53.1 Å². The predicted octanol–water partition coefficient (Wildman–Crippen LogP) is 1.62.